The van der Waals surface area contributed by atoms with E-state index in [0.717, 1.165) is 32.1 Å². The van der Waals surface area contributed by atoms with E-state index in [-0.39, 0.29) is 30.0 Å². The van der Waals surface area contributed by atoms with Crippen LogP contribution >= 0.6 is 0 Å². The van der Waals surface area contributed by atoms with Crippen molar-refractivity contribution in [3.63, 3.8) is 0 Å². The molecule has 0 aromatic carbocycles. The Balaban J connectivity index is 2.18. The number of rotatable bonds is 3. The standard InChI is InChI=1S/C21H34O3/c1-6-20(4)11-15-13(2)7-9-21(14(3)19(20)23)10-8-17(24-5)18(21)16(15)12-22/h6,13-18,22H,1,7-12H2,2-5H3/t13-,14+,15-,16?,17-,18?,20-,21+/m1/s1. The maximum Gasteiger partial charge on any atom is 0.145 e. The number of Topliss-reactive ketones (excluding diaryl/α,β-unsaturated/α-hetero) is 1. The molecule has 0 heterocycles. The second-order valence-electron chi connectivity index (χ2n) is 9.01. The maximum atomic E-state index is 13.5. The fourth-order valence-electron chi connectivity index (χ4n) is 6.64. The molecule has 0 aromatic rings. The van der Waals surface area contributed by atoms with Crippen LogP contribution < -0.4 is 0 Å². The van der Waals surface area contributed by atoms with Gasteiger partial charge in [-0.05, 0) is 68.1 Å². The Bertz CT molecular complexity index is 515. The molecule has 3 aliphatic rings. The van der Waals surface area contributed by atoms with Gasteiger partial charge in [0.1, 0.15) is 5.78 Å². The van der Waals surface area contributed by atoms with Gasteiger partial charge in [-0.1, -0.05) is 19.9 Å². The minimum absolute atomic E-state index is 0.00551. The highest BCUT2D eigenvalue weighted by Crippen LogP contribution is 2.63. The monoisotopic (exact) mass is 334 g/mol. The van der Waals surface area contributed by atoms with Crippen LogP contribution in [-0.2, 0) is 9.53 Å². The van der Waals surface area contributed by atoms with Crippen LogP contribution in [0.1, 0.15) is 52.9 Å². The number of ether oxygens (including phenoxy) is 1. The Labute approximate surface area is 146 Å². The van der Waals surface area contributed by atoms with E-state index in [1.54, 1.807) is 7.11 Å². The van der Waals surface area contributed by atoms with Crippen molar-refractivity contribution in [3.05, 3.63) is 12.7 Å². The molecule has 3 aliphatic carbocycles. The number of hydrogen-bond donors (Lipinski definition) is 1. The summed E-state index contributed by atoms with van der Waals surface area (Å²) in [5.41, 5.74) is -0.488. The molecule has 3 saturated carbocycles. The van der Waals surface area contributed by atoms with Crippen LogP contribution in [0, 0.1) is 40.4 Å². The third-order valence-electron chi connectivity index (χ3n) is 8.21. The van der Waals surface area contributed by atoms with Crippen molar-refractivity contribution in [1.29, 1.82) is 0 Å². The fraction of sp³-hybridized carbons (Fsp3) is 0.857. The van der Waals surface area contributed by atoms with Gasteiger partial charge in [-0.3, -0.25) is 4.79 Å². The second kappa shape index (κ2) is 6.25. The molecule has 24 heavy (non-hydrogen) atoms. The van der Waals surface area contributed by atoms with Crippen LogP contribution in [0.15, 0.2) is 12.7 Å². The number of aliphatic hydroxyl groups excluding tert-OH is 1. The van der Waals surface area contributed by atoms with Gasteiger partial charge in [0.2, 0.25) is 0 Å². The van der Waals surface area contributed by atoms with E-state index < -0.39 is 5.41 Å². The molecule has 3 heteroatoms. The smallest absolute Gasteiger partial charge is 0.145 e. The third-order valence-corrected chi connectivity index (χ3v) is 8.21. The van der Waals surface area contributed by atoms with Gasteiger partial charge in [0.05, 0.1) is 6.10 Å². The van der Waals surface area contributed by atoms with E-state index in [2.05, 4.69) is 27.4 Å². The zero-order valence-electron chi connectivity index (χ0n) is 15.8. The van der Waals surface area contributed by atoms with E-state index >= 15 is 0 Å². The summed E-state index contributed by atoms with van der Waals surface area (Å²) in [6.45, 7) is 10.7. The first kappa shape index (κ1) is 18.1. The Hall–Kier alpha value is -0.670. The number of aliphatic hydroxyl groups is 1. The van der Waals surface area contributed by atoms with Gasteiger partial charge < -0.3 is 9.84 Å². The molecule has 0 aromatic heterocycles. The van der Waals surface area contributed by atoms with Gasteiger partial charge in [0, 0.05) is 25.0 Å². The van der Waals surface area contributed by atoms with E-state index in [1.165, 1.54) is 0 Å². The Kier molecular flexibility index (Phi) is 4.72. The average molecular weight is 334 g/mol. The molecule has 0 amide bonds. The first-order valence-electron chi connectivity index (χ1n) is 9.66. The molecule has 3 fully saturated rings. The summed E-state index contributed by atoms with van der Waals surface area (Å²) in [5, 5.41) is 10.4. The van der Waals surface area contributed by atoms with Gasteiger partial charge in [-0.15, -0.1) is 6.58 Å². The molecule has 0 radical (unpaired) electrons. The summed E-state index contributed by atoms with van der Waals surface area (Å²) in [5.74, 6) is 1.78. The number of carbonyl (C=O) groups excluding carboxylic acids is 1. The lowest BCUT2D eigenvalue weighted by molar-refractivity contribution is -0.143. The van der Waals surface area contributed by atoms with Crippen LogP contribution in [0.5, 0.6) is 0 Å². The summed E-state index contributed by atoms with van der Waals surface area (Å²) >= 11 is 0. The number of fused-ring (bicyclic) bond motifs is 1. The fourth-order valence-corrected chi connectivity index (χ4v) is 6.64. The van der Waals surface area contributed by atoms with Crippen molar-refractivity contribution >= 4 is 5.78 Å². The van der Waals surface area contributed by atoms with E-state index in [4.69, 9.17) is 4.74 Å². The van der Waals surface area contributed by atoms with Crippen LogP contribution in [0.25, 0.3) is 0 Å². The lowest BCUT2D eigenvalue weighted by atomic mass is 9.54. The molecular weight excluding hydrogens is 300 g/mol. The van der Waals surface area contributed by atoms with Gasteiger partial charge >= 0.3 is 0 Å². The molecular formula is C21H34O3. The van der Waals surface area contributed by atoms with Crippen molar-refractivity contribution in [2.75, 3.05) is 13.7 Å². The highest BCUT2D eigenvalue weighted by molar-refractivity contribution is 5.89. The second-order valence-corrected chi connectivity index (χ2v) is 9.01. The topological polar surface area (TPSA) is 46.5 Å². The molecule has 8 atom stereocenters. The van der Waals surface area contributed by atoms with Crippen LogP contribution in [-0.4, -0.2) is 30.7 Å². The van der Waals surface area contributed by atoms with Crippen LogP contribution in [0.3, 0.4) is 0 Å². The number of carbonyl (C=O) groups is 1. The minimum Gasteiger partial charge on any atom is -0.396 e. The molecule has 3 rings (SSSR count). The number of allylic oxidation sites excluding steroid dienone is 1. The average Bonchev–Trinajstić information content (AvgIpc) is 2.92. The lowest BCUT2D eigenvalue weighted by Gasteiger charge is -2.49. The summed E-state index contributed by atoms with van der Waals surface area (Å²) in [4.78, 5) is 13.5. The zero-order chi connectivity index (χ0) is 17.7. The lowest BCUT2D eigenvalue weighted by Crippen LogP contribution is -2.51. The largest absolute Gasteiger partial charge is 0.396 e. The molecule has 136 valence electrons. The molecule has 0 spiro atoms. The zero-order valence-corrected chi connectivity index (χ0v) is 15.8. The van der Waals surface area contributed by atoms with Gasteiger partial charge in [0.25, 0.3) is 0 Å². The summed E-state index contributed by atoms with van der Waals surface area (Å²) in [6.07, 6.45) is 7.17. The highest BCUT2D eigenvalue weighted by atomic mass is 16.5. The number of ketones is 1. The normalized spacial score (nSPS) is 51.6. The summed E-state index contributed by atoms with van der Waals surface area (Å²) in [6, 6.07) is 0. The first-order valence-corrected chi connectivity index (χ1v) is 9.66. The van der Waals surface area contributed by atoms with E-state index in [1.807, 2.05) is 6.08 Å². The first-order chi connectivity index (χ1) is 11.3. The highest BCUT2D eigenvalue weighted by Gasteiger charge is 2.62. The SMILES string of the molecule is C=C[C@]1(C)C[C@H]2C(CO)C3[C@H](OC)CC[C@@]3(CC[C@H]2C)[C@@H](C)C1=O. The third kappa shape index (κ3) is 2.34. The summed E-state index contributed by atoms with van der Waals surface area (Å²) in [7, 11) is 1.80. The predicted octanol–water partition coefficient (Wildman–Crippen LogP) is 3.85. The van der Waals surface area contributed by atoms with Crippen molar-refractivity contribution in [2.24, 2.45) is 40.4 Å². The van der Waals surface area contributed by atoms with E-state index in [9.17, 15) is 9.90 Å². The molecule has 3 nitrogen and oxygen atoms in total. The van der Waals surface area contributed by atoms with E-state index in [0.29, 0.717) is 23.5 Å². The van der Waals surface area contributed by atoms with Gasteiger partial charge in [-0.2, -0.15) is 0 Å². The maximum absolute atomic E-state index is 13.5. The van der Waals surface area contributed by atoms with Crippen molar-refractivity contribution in [2.45, 2.75) is 59.0 Å². The summed E-state index contributed by atoms with van der Waals surface area (Å²) < 4.78 is 5.87. The predicted molar refractivity (Wildman–Crippen MR) is 95.5 cm³/mol. The van der Waals surface area contributed by atoms with Gasteiger partial charge in [0.15, 0.2) is 0 Å². The Morgan fingerprint density at radius 1 is 1.33 bits per heavy atom. The number of hydrogen-bond acceptors (Lipinski definition) is 3. The number of methoxy groups -OCH3 is 1. The quantitative estimate of drug-likeness (QED) is 0.797. The molecule has 2 unspecified atom stereocenters. The molecule has 1 N–H and O–H groups in total. The minimum atomic E-state index is -0.473. The molecule has 2 bridgehead atoms. The molecule has 0 aliphatic heterocycles. The van der Waals surface area contributed by atoms with Crippen molar-refractivity contribution in [1.82, 2.24) is 0 Å². The van der Waals surface area contributed by atoms with Gasteiger partial charge in [-0.25, -0.2) is 0 Å². The van der Waals surface area contributed by atoms with Crippen LogP contribution in [0.2, 0.25) is 0 Å². The Morgan fingerprint density at radius 2 is 2.00 bits per heavy atom. The Morgan fingerprint density at radius 3 is 2.58 bits per heavy atom. The van der Waals surface area contributed by atoms with Crippen molar-refractivity contribution in [3.8, 4) is 0 Å². The van der Waals surface area contributed by atoms with Crippen LogP contribution in [0.4, 0.5) is 0 Å². The van der Waals surface area contributed by atoms with Crippen molar-refractivity contribution < 1.29 is 14.6 Å². The molecule has 0 saturated heterocycles.